The zero-order valence-corrected chi connectivity index (χ0v) is 24.6. The second-order valence-corrected chi connectivity index (χ2v) is 10.8. The molecule has 12 heteroatoms. The summed E-state index contributed by atoms with van der Waals surface area (Å²) in [5, 5.41) is 6.15. The van der Waals surface area contributed by atoms with E-state index in [1.54, 1.807) is 37.4 Å². The molecule has 2 aliphatic heterocycles. The number of piperazine rings is 1. The van der Waals surface area contributed by atoms with Crippen molar-refractivity contribution in [2.45, 2.75) is 45.2 Å². The van der Waals surface area contributed by atoms with E-state index in [1.807, 2.05) is 11.8 Å². The predicted molar refractivity (Wildman–Crippen MR) is 158 cm³/mol. The minimum atomic E-state index is -3.02. The fourth-order valence-corrected chi connectivity index (χ4v) is 5.90. The zero-order chi connectivity index (χ0) is 31.4. The van der Waals surface area contributed by atoms with Gasteiger partial charge in [0, 0.05) is 66.7 Å². The van der Waals surface area contributed by atoms with Gasteiger partial charge in [-0.1, -0.05) is 6.92 Å². The first-order valence-corrected chi connectivity index (χ1v) is 14.8. The van der Waals surface area contributed by atoms with Crippen molar-refractivity contribution in [2.24, 2.45) is 0 Å². The molecule has 2 aromatic carbocycles. The summed E-state index contributed by atoms with van der Waals surface area (Å²) in [5.74, 6) is -2.52. The summed E-state index contributed by atoms with van der Waals surface area (Å²) < 4.78 is 63.2. The van der Waals surface area contributed by atoms with Crippen molar-refractivity contribution in [2.75, 3.05) is 44.2 Å². The Morgan fingerprint density at radius 3 is 2.64 bits per heavy atom. The van der Waals surface area contributed by atoms with Crippen molar-refractivity contribution < 1.29 is 31.9 Å². The van der Waals surface area contributed by atoms with Crippen LogP contribution in [0.2, 0.25) is 0 Å². The van der Waals surface area contributed by atoms with Gasteiger partial charge in [-0.25, -0.2) is 22.5 Å². The summed E-state index contributed by atoms with van der Waals surface area (Å²) in [6.45, 7) is 5.82. The van der Waals surface area contributed by atoms with Crippen LogP contribution < -0.4 is 20.3 Å². The lowest BCUT2D eigenvalue weighted by atomic mass is 9.97. The number of pyridine rings is 1. The molecule has 0 saturated carbocycles. The van der Waals surface area contributed by atoms with E-state index in [4.69, 9.17) is 4.74 Å². The summed E-state index contributed by atoms with van der Waals surface area (Å²) in [5.41, 5.74) is -0.107. The van der Waals surface area contributed by atoms with Crippen molar-refractivity contribution in [1.29, 1.82) is 0 Å². The van der Waals surface area contributed by atoms with Gasteiger partial charge in [0.05, 0.1) is 17.9 Å². The molecule has 2 saturated heterocycles. The van der Waals surface area contributed by atoms with E-state index in [0.29, 0.717) is 43.3 Å². The molecule has 44 heavy (non-hydrogen) atoms. The van der Waals surface area contributed by atoms with E-state index < -0.39 is 35.4 Å². The first-order chi connectivity index (χ1) is 21.2. The number of amides is 2. The average Bonchev–Trinajstić information content (AvgIpc) is 3.53. The molecule has 5 rings (SSSR count). The van der Waals surface area contributed by atoms with Crippen LogP contribution in [0.3, 0.4) is 0 Å². The number of carbonyl (C=O) groups is 2. The molecular weight excluding hydrogens is 578 g/mol. The summed E-state index contributed by atoms with van der Waals surface area (Å²) in [4.78, 5) is 34.7. The SMILES string of the molecule is CCOc1ncccc1-c1ccc(N2CCN(C(=O)c3ccc(F)cc3C(F)F)C[C@H]2CC)c(C(=O)N[C@@H]2CCNC2)c1F. The normalized spacial score (nSPS) is 18.5. The van der Waals surface area contributed by atoms with Gasteiger partial charge in [0.25, 0.3) is 18.2 Å². The minimum absolute atomic E-state index is 0.127. The highest BCUT2D eigenvalue weighted by Crippen LogP contribution is 2.37. The molecule has 0 bridgehead atoms. The molecule has 0 spiro atoms. The molecule has 3 heterocycles. The molecule has 2 aliphatic rings. The average molecular weight is 614 g/mol. The highest BCUT2D eigenvalue weighted by molar-refractivity contribution is 6.02. The van der Waals surface area contributed by atoms with Gasteiger partial charge < -0.3 is 25.2 Å². The fraction of sp³-hybridized carbons (Fsp3) is 0.406. The molecule has 3 aromatic rings. The van der Waals surface area contributed by atoms with Gasteiger partial charge in [0.15, 0.2) is 0 Å². The molecular formula is C32H35F4N5O3. The maximum atomic E-state index is 16.6. The fourth-order valence-electron chi connectivity index (χ4n) is 5.90. The van der Waals surface area contributed by atoms with E-state index in [2.05, 4.69) is 15.6 Å². The Morgan fingerprint density at radius 2 is 1.93 bits per heavy atom. The molecule has 8 nitrogen and oxygen atoms in total. The summed E-state index contributed by atoms with van der Waals surface area (Å²) in [7, 11) is 0. The second-order valence-electron chi connectivity index (χ2n) is 10.8. The molecule has 2 N–H and O–H groups in total. The zero-order valence-electron chi connectivity index (χ0n) is 24.6. The van der Waals surface area contributed by atoms with Crippen molar-refractivity contribution >= 4 is 17.5 Å². The van der Waals surface area contributed by atoms with E-state index in [9.17, 15) is 22.8 Å². The van der Waals surface area contributed by atoms with Crippen LogP contribution in [0, 0.1) is 11.6 Å². The number of nitrogens with one attached hydrogen (secondary N) is 2. The third-order valence-corrected chi connectivity index (χ3v) is 8.11. The van der Waals surface area contributed by atoms with E-state index in [-0.39, 0.29) is 54.3 Å². The largest absolute Gasteiger partial charge is 0.478 e. The van der Waals surface area contributed by atoms with Gasteiger partial charge in [-0.05, 0) is 68.8 Å². The molecule has 0 unspecified atom stereocenters. The van der Waals surface area contributed by atoms with Crippen molar-refractivity contribution in [1.82, 2.24) is 20.5 Å². The Balaban J connectivity index is 1.50. The molecule has 2 atom stereocenters. The monoisotopic (exact) mass is 613 g/mol. The van der Waals surface area contributed by atoms with Crippen LogP contribution in [-0.2, 0) is 0 Å². The Labute approximate surface area is 253 Å². The maximum Gasteiger partial charge on any atom is 0.264 e. The van der Waals surface area contributed by atoms with Crippen LogP contribution in [0.5, 0.6) is 5.88 Å². The predicted octanol–water partition coefficient (Wildman–Crippen LogP) is 5.20. The Morgan fingerprint density at radius 1 is 1.11 bits per heavy atom. The Bertz CT molecular complexity index is 1520. The first-order valence-electron chi connectivity index (χ1n) is 14.8. The number of rotatable bonds is 9. The van der Waals surface area contributed by atoms with Crippen LogP contribution >= 0.6 is 0 Å². The third kappa shape index (κ3) is 6.35. The maximum absolute atomic E-state index is 16.6. The number of hydrogen-bond donors (Lipinski definition) is 2. The molecule has 234 valence electrons. The Kier molecular flexibility index (Phi) is 9.68. The van der Waals surface area contributed by atoms with Crippen LogP contribution in [0.15, 0.2) is 48.7 Å². The first kappa shape index (κ1) is 31.2. The highest BCUT2D eigenvalue weighted by Gasteiger charge is 2.35. The third-order valence-electron chi connectivity index (χ3n) is 8.11. The highest BCUT2D eigenvalue weighted by atomic mass is 19.3. The molecule has 0 aliphatic carbocycles. The topological polar surface area (TPSA) is 86.8 Å². The van der Waals surface area contributed by atoms with E-state index in [0.717, 1.165) is 18.7 Å². The molecule has 0 radical (unpaired) electrons. The van der Waals surface area contributed by atoms with Gasteiger partial charge in [-0.3, -0.25) is 9.59 Å². The lowest BCUT2D eigenvalue weighted by Gasteiger charge is -2.43. The molecule has 1 aromatic heterocycles. The minimum Gasteiger partial charge on any atom is -0.478 e. The van der Waals surface area contributed by atoms with Gasteiger partial charge in [-0.2, -0.15) is 0 Å². The van der Waals surface area contributed by atoms with Gasteiger partial charge in [0.1, 0.15) is 11.6 Å². The second kappa shape index (κ2) is 13.6. The number of anilines is 1. The summed E-state index contributed by atoms with van der Waals surface area (Å²) in [6, 6.07) is 8.86. The Hall–Kier alpha value is -4.19. The number of alkyl halides is 2. The van der Waals surface area contributed by atoms with Crippen LogP contribution in [0.25, 0.3) is 11.1 Å². The van der Waals surface area contributed by atoms with Gasteiger partial charge >= 0.3 is 0 Å². The lowest BCUT2D eigenvalue weighted by Crippen LogP contribution is -2.55. The number of carbonyl (C=O) groups excluding carboxylic acids is 2. The van der Waals surface area contributed by atoms with Crippen LogP contribution in [0.4, 0.5) is 23.2 Å². The number of ether oxygens (including phenoxy) is 1. The number of halogens is 4. The quantitative estimate of drug-likeness (QED) is 0.323. The van der Waals surface area contributed by atoms with E-state index in [1.165, 1.54) is 4.90 Å². The lowest BCUT2D eigenvalue weighted by molar-refractivity contribution is 0.0708. The van der Waals surface area contributed by atoms with Gasteiger partial charge in [-0.15, -0.1) is 0 Å². The smallest absolute Gasteiger partial charge is 0.264 e. The number of nitrogens with zero attached hydrogens (tertiary/aromatic N) is 3. The van der Waals surface area contributed by atoms with Crippen LogP contribution in [0.1, 0.15) is 59.4 Å². The summed E-state index contributed by atoms with van der Waals surface area (Å²) >= 11 is 0. The van der Waals surface area contributed by atoms with Crippen molar-refractivity contribution in [3.05, 3.63) is 77.0 Å². The van der Waals surface area contributed by atoms with E-state index >= 15 is 4.39 Å². The molecule has 2 fully saturated rings. The van der Waals surface area contributed by atoms with Gasteiger partial charge in [0.2, 0.25) is 5.88 Å². The standard InChI is InChI=1S/C32H35F4N5O3/c1-3-21-18-40(32(43)24-8-7-19(33)16-25(24)29(35)36)14-15-41(21)26-10-9-22(23-6-5-12-38-31(23)44-4-2)28(34)27(26)30(42)39-20-11-13-37-17-20/h5-10,12,16,20-21,29,37H,3-4,11,13-15,17-18H2,1-2H3,(H,39,42)/t20-,21-/m1/s1. The number of benzene rings is 2. The van der Waals surface area contributed by atoms with Crippen molar-refractivity contribution in [3.8, 4) is 17.0 Å². The number of hydrogen-bond acceptors (Lipinski definition) is 6. The summed E-state index contributed by atoms with van der Waals surface area (Å²) in [6.07, 6.45) is -0.247. The van der Waals surface area contributed by atoms with Crippen molar-refractivity contribution in [3.63, 3.8) is 0 Å². The molecule has 2 amide bonds. The van der Waals surface area contributed by atoms with Crippen LogP contribution in [-0.4, -0.2) is 73.1 Å². The number of aromatic nitrogens is 1.